The molecule has 0 aliphatic carbocycles. The van der Waals surface area contributed by atoms with Crippen LogP contribution in [0.5, 0.6) is 0 Å². The van der Waals surface area contributed by atoms with E-state index in [1.165, 1.54) is 12.1 Å². The van der Waals surface area contributed by atoms with Crippen LogP contribution >= 0.6 is 0 Å². The van der Waals surface area contributed by atoms with Gasteiger partial charge in [-0.2, -0.15) is 0 Å². The van der Waals surface area contributed by atoms with Crippen molar-refractivity contribution in [3.63, 3.8) is 0 Å². The van der Waals surface area contributed by atoms with Gasteiger partial charge < -0.3 is 20.4 Å². The largest absolute Gasteiger partial charge is 0.375 e. The molecule has 2 bridgehead atoms. The van der Waals surface area contributed by atoms with E-state index in [0.29, 0.717) is 29.6 Å². The van der Waals surface area contributed by atoms with Crippen molar-refractivity contribution in [2.75, 3.05) is 6.54 Å². The molecule has 0 unspecified atom stereocenters. The van der Waals surface area contributed by atoms with Gasteiger partial charge in [0.15, 0.2) is 0 Å². The highest BCUT2D eigenvalue weighted by atomic mass is 19.1. The summed E-state index contributed by atoms with van der Waals surface area (Å²) in [6, 6.07) is 5.57. The topological polar surface area (TPSA) is 83.2 Å². The number of nitrogens with one attached hydrogen (secondary N) is 3. The Bertz CT molecular complexity index is 866. The Morgan fingerprint density at radius 3 is 2.92 bits per heavy atom. The van der Waals surface area contributed by atoms with E-state index in [9.17, 15) is 14.0 Å². The molecule has 3 atom stereocenters. The van der Waals surface area contributed by atoms with Gasteiger partial charge in [0.2, 0.25) is 0 Å². The number of H-pyrrole nitrogens is 1. The van der Waals surface area contributed by atoms with Gasteiger partial charge >= 0.3 is 6.03 Å². The highest BCUT2D eigenvalue weighted by Gasteiger charge is 2.40. The lowest BCUT2D eigenvalue weighted by atomic mass is 9.89. The van der Waals surface area contributed by atoms with Crippen LogP contribution in [0, 0.1) is 11.7 Å². The van der Waals surface area contributed by atoms with Crippen molar-refractivity contribution >= 4 is 16.9 Å². The molecule has 2 aromatic rings. The maximum atomic E-state index is 13.2. The minimum Gasteiger partial charge on any atom is -0.375 e. The molecular formula is C18H20FN3O3. The van der Waals surface area contributed by atoms with Gasteiger partial charge in [-0.05, 0) is 48.9 Å². The average Bonchev–Trinajstić information content (AvgIpc) is 3.21. The van der Waals surface area contributed by atoms with Crippen molar-refractivity contribution in [3.05, 3.63) is 46.0 Å². The average molecular weight is 345 g/mol. The Kier molecular flexibility index (Phi) is 4.17. The molecule has 25 heavy (non-hydrogen) atoms. The number of carbonyl (C=O) groups excluding carboxylic acids is 1. The number of rotatable bonds is 4. The first-order chi connectivity index (χ1) is 12.1. The van der Waals surface area contributed by atoms with Crippen LogP contribution in [0.2, 0.25) is 0 Å². The molecule has 2 saturated heterocycles. The summed E-state index contributed by atoms with van der Waals surface area (Å²) in [5.41, 5.74) is 0.534. The van der Waals surface area contributed by atoms with E-state index in [-0.39, 0.29) is 24.2 Å². The molecular weight excluding hydrogens is 325 g/mol. The van der Waals surface area contributed by atoms with Gasteiger partial charge in [-0.1, -0.05) is 0 Å². The highest BCUT2D eigenvalue weighted by molar-refractivity contribution is 5.79. The van der Waals surface area contributed by atoms with Crippen molar-refractivity contribution < 1.29 is 13.9 Å². The highest BCUT2D eigenvalue weighted by Crippen LogP contribution is 2.38. The third-order valence-corrected chi connectivity index (χ3v) is 5.08. The molecule has 6 nitrogen and oxygen atoms in total. The molecule has 2 fully saturated rings. The molecule has 0 radical (unpaired) electrons. The normalized spacial score (nSPS) is 24.6. The summed E-state index contributed by atoms with van der Waals surface area (Å²) in [6.07, 6.45) is 3.84. The molecule has 0 saturated carbocycles. The first kappa shape index (κ1) is 16.1. The van der Waals surface area contributed by atoms with Crippen LogP contribution in [0.15, 0.2) is 29.1 Å². The first-order valence-electron chi connectivity index (χ1n) is 8.57. The summed E-state index contributed by atoms with van der Waals surface area (Å²) in [5.74, 6) is -0.0264. The second kappa shape index (κ2) is 6.48. The van der Waals surface area contributed by atoms with E-state index >= 15 is 0 Å². The smallest absolute Gasteiger partial charge is 0.315 e. The lowest BCUT2D eigenvalue weighted by molar-refractivity contribution is 0.0927. The molecule has 3 N–H and O–H groups in total. The summed E-state index contributed by atoms with van der Waals surface area (Å²) in [6.45, 7) is 0.696. The SMILES string of the molecule is O=C(NCc1cc2ccc(F)cc2[nH]c1=O)NC[C@@H]1C[C@@H]2CC[C@H]1O2. The van der Waals surface area contributed by atoms with Crippen LogP contribution in [-0.4, -0.2) is 29.8 Å². The number of pyridine rings is 1. The summed E-state index contributed by atoms with van der Waals surface area (Å²) in [5, 5.41) is 6.27. The van der Waals surface area contributed by atoms with Gasteiger partial charge in [0.25, 0.3) is 5.56 Å². The number of hydrogen-bond acceptors (Lipinski definition) is 3. The Morgan fingerprint density at radius 2 is 2.16 bits per heavy atom. The number of fused-ring (bicyclic) bond motifs is 3. The maximum Gasteiger partial charge on any atom is 0.315 e. The maximum absolute atomic E-state index is 13.2. The van der Waals surface area contributed by atoms with Crippen molar-refractivity contribution in [2.45, 2.75) is 38.0 Å². The van der Waals surface area contributed by atoms with Crippen molar-refractivity contribution in [1.29, 1.82) is 0 Å². The van der Waals surface area contributed by atoms with Gasteiger partial charge in [-0.15, -0.1) is 0 Å². The Hall–Kier alpha value is -2.41. The van der Waals surface area contributed by atoms with Gasteiger partial charge in [-0.3, -0.25) is 4.79 Å². The van der Waals surface area contributed by atoms with E-state index in [4.69, 9.17) is 4.74 Å². The Balaban J connectivity index is 1.33. The van der Waals surface area contributed by atoms with Crippen molar-refractivity contribution in [2.24, 2.45) is 5.92 Å². The van der Waals surface area contributed by atoms with Crippen LogP contribution < -0.4 is 16.2 Å². The molecule has 7 heteroatoms. The van der Waals surface area contributed by atoms with Crippen molar-refractivity contribution in [1.82, 2.24) is 15.6 Å². The summed E-state index contributed by atoms with van der Waals surface area (Å²) < 4.78 is 19.0. The first-order valence-corrected chi connectivity index (χ1v) is 8.57. The number of carbonyl (C=O) groups is 1. The fourth-order valence-corrected chi connectivity index (χ4v) is 3.77. The zero-order valence-corrected chi connectivity index (χ0v) is 13.7. The number of benzene rings is 1. The van der Waals surface area contributed by atoms with Gasteiger partial charge in [0, 0.05) is 24.6 Å². The fourth-order valence-electron chi connectivity index (χ4n) is 3.77. The monoisotopic (exact) mass is 345 g/mol. The molecule has 2 aliphatic rings. The predicted molar refractivity (Wildman–Crippen MR) is 90.8 cm³/mol. The van der Waals surface area contributed by atoms with Gasteiger partial charge in [-0.25, -0.2) is 9.18 Å². The number of hydrogen-bond donors (Lipinski definition) is 3. The van der Waals surface area contributed by atoms with E-state index < -0.39 is 5.82 Å². The van der Waals surface area contributed by atoms with E-state index in [2.05, 4.69) is 15.6 Å². The molecule has 132 valence electrons. The molecule has 0 spiro atoms. The Labute approximate surface area is 143 Å². The number of urea groups is 1. The van der Waals surface area contributed by atoms with Crippen LogP contribution in [-0.2, 0) is 11.3 Å². The second-order valence-corrected chi connectivity index (χ2v) is 6.79. The summed E-state index contributed by atoms with van der Waals surface area (Å²) >= 11 is 0. The molecule has 2 amide bonds. The number of ether oxygens (including phenoxy) is 1. The van der Waals surface area contributed by atoms with E-state index in [1.807, 2.05) is 0 Å². The van der Waals surface area contributed by atoms with Crippen LogP contribution in [0.4, 0.5) is 9.18 Å². The summed E-state index contributed by atoms with van der Waals surface area (Å²) in [4.78, 5) is 26.7. The second-order valence-electron chi connectivity index (χ2n) is 6.79. The number of aromatic nitrogens is 1. The van der Waals surface area contributed by atoms with Crippen molar-refractivity contribution in [3.8, 4) is 0 Å². The predicted octanol–water partition coefficient (Wildman–Crippen LogP) is 2.03. The third-order valence-electron chi connectivity index (χ3n) is 5.08. The zero-order valence-electron chi connectivity index (χ0n) is 13.7. The standard InChI is InChI=1S/C18H20FN3O3/c19-13-2-1-10-5-12(17(23)22-15(10)7-13)9-21-18(24)20-8-11-6-14-3-4-16(11)25-14/h1-2,5,7,11,14,16H,3-4,6,8-9H2,(H,22,23)(H2,20,21,24)/t11-,14-,16+/m0/s1. The molecule has 4 rings (SSSR count). The quantitative estimate of drug-likeness (QED) is 0.793. The lowest BCUT2D eigenvalue weighted by Crippen LogP contribution is -2.40. The molecule has 1 aromatic heterocycles. The van der Waals surface area contributed by atoms with Crippen LogP contribution in [0.3, 0.4) is 0 Å². The number of aromatic amines is 1. The van der Waals surface area contributed by atoms with Crippen LogP contribution in [0.25, 0.3) is 10.9 Å². The van der Waals surface area contributed by atoms with Gasteiger partial charge in [0.05, 0.1) is 17.7 Å². The molecule has 2 aliphatic heterocycles. The minimum absolute atomic E-state index is 0.113. The van der Waals surface area contributed by atoms with Gasteiger partial charge in [0.1, 0.15) is 5.82 Å². The zero-order chi connectivity index (χ0) is 17.4. The molecule has 1 aromatic carbocycles. The lowest BCUT2D eigenvalue weighted by Gasteiger charge is -2.19. The Morgan fingerprint density at radius 1 is 1.28 bits per heavy atom. The number of amides is 2. The summed E-state index contributed by atoms with van der Waals surface area (Å²) in [7, 11) is 0. The van der Waals surface area contributed by atoms with E-state index in [0.717, 1.165) is 24.6 Å². The fraction of sp³-hybridized carbons (Fsp3) is 0.444. The molecule has 3 heterocycles. The van der Waals surface area contributed by atoms with Crippen LogP contribution in [0.1, 0.15) is 24.8 Å². The minimum atomic E-state index is -0.405. The third kappa shape index (κ3) is 3.37. The number of halogens is 1. The van der Waals surface area contributed by atoms with E-state index in [1.54, 1.807) is 12.1 Å².